The highest BCUT2D eigenvalue weighted by Crippen LogP contribution is 2.17. The number of aliphatic carboxylic acids is 2. The van der Waals surface area contributed by atoms with Crippen molar-refractivity contribution in [3.63, 3.8) is 0 Å². The summed E-state index contributed by atoms with van der Waals surface area (Å²) in [5, 5.41) is 17.8. The minimum Gasteiger partial charge on any atom is -0.480 e. The zero-order valence-corrected chi connectivity index (χ0v) is 12.4. The topological polar surface area (TPSA) is 77.8 Å². The van der Waals surface area contributed by atoms with Crippen molar-refractivity contribution in [2.75, 3.05) is 18.0 Å². The Morgan fingerprint density at radius 2 is 1.26 bits per heavy atom. The predicted octanol–water partition coefficient (Wildman–Crippen LogP) is 2.83. The molecule has 0 saturated heterocycles. The normalized spacial score (nSPS) is 10.6. The molecule has 0 atom stereocenters. The molecule has 2 aromatic carbocycles. The van der Waals surface area contributed by atoms with Gasteiger partial charge in [0.2, 0.25) is 0 Å². The van der Waals surface area contributed by atoms with E-state index in [1.165, 1.54) is 4.90 Å². The van der Waals surface area contributed by atoms with E-state index >= 15 is 0 Å². The Bertz CT molecular complexity index is 677. The van der Waals surface area contributed by atoms with Gasteiger partial charge in [-0.05, 0) is 23.3 Å². The molecule has 0 heterocycles. The van der Waals surface area contributed by atoms with Crippen LogP contribution >= 0.6 is 0 Å². The lowest BCUT2D eigenvalue weighted by Gasteiger charge is -2.20. The predicted molar refractivity (Wildman–Crippen MR) is 89.3 cm³/mol. The maximum atomic E-state index is 10.8. The number of carboxylic acid groups (broad SMARTS) is 2. The largest absolute Gasteiger partial charge is 0.480 e. The van der Waals surface area contributed by atoms with E-state index in [1.54, 1.807) is 12.1 Å². The molecule has 0 bridgehead atoms. The van der Waals surface area contributed by atoms with Crippen LogP contribution in [0.2, 0.25) is 0 Å². The molecule has 0 radical (unpaired) electrons. The monoisotopic (exact) mass is 311 g/mol. The molecule has 2 rings (SSSR count). The van der Waals surface area contributed by atoms with Crippen LogP contribution in [0, 0.1) is 0 Å². The number of rotatable bonds is 7. The molecule has 0 aliphatic rings. The summed E-state index contributed by atoms with van der Waals surface area (Å²) in [5.74, 6) is -2.14. The third kappa shape index (κ3) is 5.32. The number of hydrogen-bond donors (Lipinski definition) is 2. The van der Waals surface area contributed by atoms with Crippen molar-refractivity contribution in [1.29, 1.82) is 0 Å². The van der Waals surface area contributed by atoms with Crippen LogP contribution in [-0.4, -0.2) is 35.2 Å². The van der Waals surface area contributed by atoms with Crippen molar-refractivity contribution < 1.29 is 19.8 Å². The fourth-order valence-electron chi connectivity index (χ4n) is 2.12. The number of nitrogens with zero attached hydrogens (tertiary/aromatic N) is 1. The average molecular weight is 311 g/mol. The van der Waals surface area contributed by atoms with E-state index in [2.05, 4.69) is 0 Å². The van der Waals surface area contributed by atoms with Gasteiger partial charge in [-0.25, -0.2) is 0 Å². The van der Waals surface area contributed by atoms with Crippen LogP contribution in [0.4, 0.5) is 5.69 Å². The Morgan fingerprint density at radius 1 is 0.783 bits per heavy atom. The Labute approximate surface area is 134 Å². The molecule has 0 aliphatic carbocycles. The van der Waals surface area contributed by atoms with E-state index in [0.29, 0.717) is 5.69 Å². The van der Waals surface area contributed by atoms with Gasteiger partial charge in [0.25, 0.3) is 0 Å². The lowest BCUT2D eigenvalue weighted by Crippen LogP contribution is -2.34. The third-order valence-electron chi connectivity index (χ3n) is 3.18. The molecule has 0 amide bonds. The Hall–Kier alpha value is -3.08. The second-order valence-corrected chi connectivity index (χ2v) is 4.98. The van der Waals surface area contributed by atoms with Crippen LogP contribution in [-0.2, 0) is 9.59 Å². The summed E-state index contributed by atoms with van der Waals surface area (Å²) in [6.45, 7) is -0.711. The number of carboxylic acids is 2. The van der Waals surface area contributed by atoms with Gasteiger partial charge in [0.15, 0.2) is 0 Å². The molecule has 23 heavy (non-hydrogen) atoms. The first-order chi connectivity index (χ1) is 11.0. The zero-order valence-electron chi connectivity index (χ0n) is 12.4. The van der Waals surface area contributed by atoms with Gasteiger partial charge in [-0.15, -0.1) is 0 Å². The summed E-state index contributed by atoms with van der Waals surface area (Å²) in [7, 11) is 0. The highest BCUT2D eigenvalue weighted by Gasteiger charge is 2.13. The zero-order chi connectivity index (χ0) is 16.7. The average Bonchev–Trinajstić information content (AvgIpc) is 2.53. The van der Waals surface area contributed by atoms with E-state index < -0.39 is 11.9 Å². The fourth-order valence-corrected chi connectivity index (χ4v) is 2.12. The molecule has 5 nitrogen and oxygen atoms in total. The minimum atomic E-state index is -1.07. The van der Waals surface area contributed by atoms with Gasteiger partial charge in [0.1, 0.15) is 13.1 Å². The molecule has 2 aromatic rings. The van der Waals surface area contributed by atoms with Gasteiger partial charge in [0.05, 0.1) is 0 Å². The van der Waals surface area contributed by atoms with Gasteiger partial charge < -0.3 is 15.1 Å². The Balaban J connectivity index is 2.12. The van der Waals surface area contributed by atoms with Crippen LogP contribution in [0.5, 0.6) is 0 Å². The van der Waals surface area contributed by atoms with Gasteiger partial charge in [-0.1, -0.05) is 54.6 Å². The SMILES string of the molecule is O=C(O)CN(CC(=O)O)c1ccc(/C=C/c2ccccc2)cc1. The number of benzene rings is 2. The molecular formula is C18H17NO4. The Morgan fingerprint density at radius 3 is 1.74 bits per heavy atom. The van der Waals surface area contributed by atoms with Crippen molar-refractivity contribution in [2.45, 2.75) is 0 Å². The maximum Gasteiger partial charge on any atom is 0.323 e. The van der Waals surface area contributed by atoms with Crippen molar-refractivity contribution in [3.05, 3.63) is 65.7 Å². The van der Waals surface area contributed by atoms with Crippen LogP contribution in [0.15, 0.2) is 54.6 Å². The van der Waals surface area contributed by atoms with E-state index in [-0.39, 0.29) is 13.1 Å². The summed E-state index contributed by atoms with van der Waals surface area (Å²) >= 11 is 0. The molecule has 0 aliphatic heterocycles. The number of hydrogen-bond acceptors (Lipinski definition) is 3. The van der Waals surface area contributed by atoms with Crippen LogP contribution < -0.4 is 4.90 Å². The molecular weight excluding hydrogens is 294 g/mol. The van der Waals surface area contributed by atoms with E-state index in [1.807, 2.05) is 54.6 Å². The molecule has 2 N–H and O–H groups in total. The first-order valence-corrected chi connectivity index (χ1v) is 7.06. The molecule has 118 valence electrons. The van der Waals surface area contributed by atoms with E-state index in [9.17, 15) is 9.59 Å². The molecule has 0 spiro atoms. The fraction of sp³-hybridized carbons (Fsp3) is 0.111. The lowest BCUT2D eigenvalue weighted by atomic mass is 10.1. The summed E-state index contributed by atoms with van der Waals surface area (Å²) in [4.78, 5) is 23.0. The minimum absolute atomic E-state index is 0.356. The lowest BCUT2D eigenvalue weighted by molar-refractivity contribution is -0.136. The van der Waals surface area contributed by atoms with Gasteiger partial charge in [0, 0.05) is 5.69 Å². The van der Waals surface area contributed by atoms with Gasteiger partial charge in [-0.2, -0.15) is 0 Å². The van der Waals surface area contributed by atoms with Crippen molar-refractivity contribution in [2.24, 2.45) is 0 Å². The highest BCUT2D eigenvalue weighted by molar-refractivity contribution is 5.80. The standard InChI is InChI=1S/C18H17NO4/c20-17(21)12-19(13-18(22)23)16-10-8-15(9-11-16)7-6-14-4-2-1-3-5-14/h1-11H,12-13H2,(H,20,21)(H,22,23)/b7-6+. The second-order valence-electron chi connectivity index (χ2n) is 4.98. The Kier molecular flexibility index (Phi) is 5.52. The molecule has 0 saturated carbocycles. The molecule has 0 fully saturated rings. The van der Waals surface area contributed by atoms with Gasteiger partial charge in [-0.3, -0.25) is 9.59 Å². The quantitative estimate of drug-likeness (QED) is 0.769. The van der Waals surface area contributed by atoms with Crippen molar-refractivity contribution in [3.8, 4) is 0 Å². The van der Waals surface area contributed by atoms with Crippen LogP contribution in [0.3, 0.4) is 0 Å². The molecule has 0 unspecified atom stereocenters. The smallest absolute Gasteiger partial charge is 0.323 e. The summed E-state index contributed by atoms with van der Waals surface area (Å²) < 4.78 is 0. The van der Waals surface area contributed by atoms with E-state index in [0.717, 1.165) is 11.1 Å². The molecule has 5 heteroatoms. The molecule has 0 aromatic heterocycles. The first-order valence-electron chi connectivity index (χ1n) is 7.06. The summed E-state index contributed by atoms with van der Waals surface area (Å²) in [6.07, 6.45) is 3.92. The first kappa shape index (κ1) is 16.3. The maximum absolute atomic E-state index is 10.8. The summed E-state index contributed by atoms with van der Waals surface area (Å²) in [6, 6.07) is 16.9. The van der Waals surface area contributed by atoms with Crippen molar-refractivity contribution in [1.82, 2.24) is 0 Å². The van der Waals surface area contributed by atoms with Crippen molar-refractivity contribution >= 4 is 29.8 Å². The van der Waals surface area contributed by atoms with Crippen LogP contribution in [0.25, 0.3) is 12.2 Å². The second kappa shape index (κ2) is 7.79. The highest BCUT2D eigenvalue weighted by atomic mass is 16.4. The van der Waals surface area contributed by atoms with Gasteiger partial charge >= 0.3 is 11.9 Å². The van der Waals surface area contributed by atoms with Crippen LogP contribution in [0.1, 0.15) is 11.1 Å². The van der Waals surface area contributed by atoms with E-state index in [4.69, 9.17) is 10.2 Å². The third-order valence-corrected chi connectivity index (χ3v) is 3.18. The number of carbonyl (C=O) groups is 2. The summed E-state index contributed by atoms with van der Waals surface area (Å²) in [5.41, 5.74) is 2.59. The number of anilines is 1.